The molecule has 3 N–H and O–H groups in total. The van der Waals surface area contributed by atoms with Crippen molar-refractivity contribution in [3.05, 3.63) is 42.1 Å². The Kier molecular flexibility index (Phi) is 4.67. The molecule has 1 aromatic carbocycles. The number of aromatic nitrogens is 2. The van der Waals surface area contributed by atoms with E-state index < -0.39 is 11.7 Å². The fourth-order valence-corrected chi connectivity index (χ4v) is 3.75. The first-order chi connectivity index (χ1) is 13.1. The molecule has 2 heterocycles. The first-order valence-electron chi connectivity index (χ1n) is 9.05. The standard InChI is InChI=1S/C19H23N5O3/c1-21-15-7-8-19(26-9-10-27-19)11-16(15)24-12-14(17(20)25)18(23-24)22-13-5-3-2-4-6-13/h2-6,12,16H,7-11H2,1H3,(H2,20,25)(H,22,23)/b21-15+/t16-/m0/s1. The molecule has 1 amide bonds. The first-order valence-corrected chi connectivity index (χ1v) is 9.05. The van der Waals surface area contributed by atoms with Gasteiger partial charge in [-0.15, -0.1) is 0 Å². The Morgan fingerprint density at radius 3 is 2.74 bits per heavy atom. The highest BCUT2D eigenvalue weighted by Gasteiger charge is 2.44. The normalized spacial score (nSPS) is 23.0. The molecule has 4 rings (SSSR count). The van der Waals surface area contributed by atoms with Gasteiger partial charge in [-0.3, -0.25) is 14.5 Å². The van der Waals surface area contributed by atoms with Crippen LogP contribution in [-0.2, 0) is 9.47 Å². The van der Waals surface area contributed by atoms with Crippen LogP contribution in [0.4, 0.5) is 11.5 Å². The van der Waals surface area contributed by atoms with Gasteiger partial charge in [0.15, 0.2) is 11.6 Å². The molecule has 2 aromatic rings. The monoisotopic (exact) mass is 369 g/mol. The summed E-state index contributed by atoms with van der Waals surface area (Å²) in [5.41, 5.74) is 7.75. The van der Waals surface area contributed by atoms with Gasteiger partial charge in [-0.05, 0) is 18.6 Å². The lowest BCUT2D eigenvalue weighted by Crippen LogP contribution is -2.41. The van der Waals surface area contributed by atoms with Crippen molar-refractivity contribution in [3.8, 4) is 0 Å². The SMILES string of the molecule is C/N=C1\CCC2(C[C@@H]1n1cc(C(N)=O)c(Nc3ccccc3)n1)OCCO2. The molecule has 1 atom stereocenters. The van der Waals surface area contributed by atoms with Crippen molar-refractivity contribution < 1.29 is 14.3 Å². The van der Waals surface area contributed by atoms with E-state index in [1.54, 1.807) is 17.9 Å². The average Bonchev–Trinajstić information content (AvgIpc) is 3.30. The molecule has 8 heteroatoms. The summed E-state index contributed by atoms with van der Waals surface area (Å²) < 4.78 is 13.5. The van der Waals surface area contributed by atoms with Crippen LogP contribution in [0.2, 0.25) is 0 Å². The van der Waals surface area contributed by atoms with Crippen LogP contribution in [-0.4, -0.2) is 47.4 Å². The topological polar surface area (TPSA) is 104 Å². The van der Waals surface area contributed by atoms with Gasteiger partial charge in [-0.1, -0.05) is 18.2 Å². The van der Waals surface area contributed by atoms with E-state index in [1.807, 2.05) is 30.3 Å². The summed E-state index contributed by atoms with van der Waals surface area (Å²) in [6, 6.07) is 9.39. The third kappa shape index (κ3) is 3.45. The van der Waals surface area contributed by atoms with E-state index in [1.165, 1.54) is 0 Å². The lowest BCUT2D eigenvalue weighted by atomic mass is 9.88. The van der Waals surface area contributed by atoms with Gasteiger partial charge in [-0.25, -0.2) is 0 Å². The highest BCUT2D eigenvalue weighted by molar-refractivity contribution is 5.98. The van der Waals surface area contributed by atoms with E-state index in [4.69, 9.17) is 15.2 Å². The molecule has 0 unspecified atom stereocenters. The molecule has 0 bridgehead atoms. The summed E-state index contributed by atoms with van der Waals surface area (Å²) in [6.45, 7) is 1.19. The zero-order valence-electron chi connectivity index (χ0n) is 15.2. The fourth-order valence-electron chi connectivity index (χ4n) is 3.75. The minimum Gasteiger partial charge on any atom is -0.365 e. The fraction of sp³-hybridized carbons (Fsp3) is 0.421. The lowest BCUT2D eigenvalue weighted by molar-refractivity contribution is -0.173. The Morgan fingerprint density at radius 2 is 2.07 bits per heavy atom. The number of carbonyl (C=O) groups excluding carboxylic acids is 1. The second-order valence-electron chi connectivity index (χ2n) is 6.77. The molecule has 1 saturated carbocycles. The maximum atomic E-state index is 12.0. The maximum Gasteiger partial charge on any atom is 0.254 e. The number of nitrogens with zero attached hydrogens (tertiary/aromatic N) is 3. The number of aliphatic imine (C=N–C) groups is 1. The average molecular weight is 369 g/mol. The van der Waals surface area contributed by atoms with E-state index in [9.17, 15) is 4.79 Å². The van der Waals surface area contributed by atoms with Crippen molar-refractivity contribution >= 4 is 23.1 Å². The van der Waals surface area contributed by atoms with E-state index in [-0.39, 0.29) is 6.04 Å². The van der Waals surface area contributed by atoms with Crippen LogP contribution < -0.4 is 11.1 Å². The highest BCUT2D eigenvalue weighted by atomic mass is 16.7. The van der Waals surface area contributed by atoms with Crippen molar-refractivity contribution in [1.82, 2.24) is 9.78 Å². The zero-order chi connectivity index (χ0) is 18.9. The summed E-state index contributed by atoms with van der Waals surface area (Å²) in [4.78, 5) is 16.4. The molecule has 1 aliphatic heterocycles. The number of primary amides is 1. The molecule has 2 fully saturated rings. The molecule has 1 spiro atoms. The molecule has 8 nitrogen and oxygen atoms in total. The van der Waals surface area contributed by atoms with Gasteiger partial charge in [0, 0.05) is 37.5 Å². The van der Waals surface area contributed by atoms with Gasteiger partial charge in [-0.2, -0.15) is 5.10 Å². The van der Waals surface area contributed by atoms with Crippen molar-refractivity contribution in [2.45, 2.75) is 31.1 Å². The number of amides is 1. The smallest absolute Gasteiger partial charge is 0.254 e. The Balaban J connectivity index is 1.67. The van der Waals surface area contributed by atoms with E-state index in [0.717, 1.165) is 24.2 Å². The maximum absolute atomic E-state index is 12.0. The third-order valence-electron chi connectivity index (χ3n) is 5.11. The van der Waals surface area contributed by atoms with E-state index >= 15 is 0 Å². The number of anilines is 2. The molecular weight excluding hydrogens is 346 g/mol. The number of nitrogens with two attached hydrogens (primary N) is 1. The summed E-state index contributed by atoms with van der Waals surface area (Å²) in [6.07, 6.45) is 3.81. The minimum absolute atomic E-state index is 0.147. The summed E-state index contributed by atoms with van der Waals surface area (Å²) >= 11 is 0. The molecule has 1 saturated heterocycles. The predicted octanol–water partition coefficient (Wildman–Crippen LogP) is 2.26. The highest BCUT2D eigenvalue weighted by Crippen LogP contribution is 2.40. The van der Waals surface area contributed by atoms with Crippen molar-refractivity contribution in [2.75, 3.05) is 25.6 Å². The molecule has 0 radical (unpaired) electrons. The van der Waals surface area contributed by atoms with Crippen molar-refractivity contribution in [2.24, 2.45) is 10.7 Å². The number of benzene rings is 1. The van der Waals surface area contributed by atoms with Crippen LogP contribution >= 0.6 is 0 Å². The van der Waals surface area contributed by atoms with Crippen LogP contribution in [0, 0.1) is 0 Å². The van der Waals surface area contributed by atoms with Crippen LogP contribution in [0.15, 0.2) is 41.5 Å². The second kappa shape index (κ2) is 7.13. The van der Waals surface area contributed by atoms with Gasteiger partial charge >= 0.3 is 0 Å². The van der Waals surface area contributed by atoms with Gasteiger partial charge in [0.2, 0.25) is 0 Å². The Morgan fingerprint density at radius 1 is 1.33 bits per heavy atom. The second-order valence-corrected chi connectivity index (χ2v) is 6.77. The van der Waals surface area contributed by atoms with Gasteiger partial charge < -0.3 is 20.5 Å². The van der Waals surface area contributed by atoms with Crippen molar-refractivity contribution in [1.29, 1.82) is 0 Å². The number of nitrogens with one attached hydrogen (secondary N) is 1. The number of hydrogen-bond acceptors (Lipinski definition) is 6. The summed E-state index contributed by atoms with van der Waals surface area (Å²) in [5.74, 6) is -0.698. The Labute approximate surface area is 157 Å². The zero-order valence-corrected chi connectivity index (χ0v) is 15.2. The minimum atomic E-state index is -0.593. The lowest BCUT2D eigenvalue weighted by Gasteiger charge is -2.37. The molecular formula is C19H23N5O3. The molecule has 27 heavy (non-hydrogen) atoms. The quantitative estimate of drug-likeness (QED) is 0.860. The molecule has 1 aromatic heterocycles. The Bertz CT molecular complexity index is 855. The number of carbonyl (C=O) groups is 1. The summed E-state index contributed by atoms with van der Waals surface area (Å²) in [7, 11) is 1.78. The van der Waals surface area contributed by atoms with Crippen LogP contribution in [0.1, 0.15) is 35.7 Å². The van der Waals surface area contributed by atoms with E-state index in [2.05, 4.69) is 15.4 Å². The predicted molar refractivity (Wildman–Crippen MR) is 101 cm³/mol. The van der Waals surface area contributed by atoms with Crippen LogP contribution in [0.3, 0.4) is 0 Å². The Hall–Kier alpha value is -2.71. The number of rotatable bonds is 4. The van der Waals surface area contributed by atoms with Crippen LogP contribution in [0.5, 0.6) is 0 Å². The van der Waals surface area contributed by atoms with Crippen LogP contribution in [0.25, 0.3) is 0 Å². The van der Waals surface area contributed by atoms with Gasteiger partial charge in [0.05, 0.1) is 19.3 Å². The number of hydrogen-bond donors (Lipinski definition) is 2. The third-order valence-corrected chi connectivity index (χ3v) is 5.11. The molecule has 1 aliphatic carbocycles. The van der Waals surface area contributed by atoms with Gasteiger partial charge in [0.1, 0.15) is 5.56 Å². The van der Waals surface area contributed by atoms with Crippen molar-refractivity contribution in [3.63, 3.8) is 0 Å². The molecule has 142 valence electrons. The first kappa shape index (κ1) is 17.7. The molecule has 2 aliphatic rings. The largest absolute Gasteiger partial charge is 0.365 e. The summed E-state index contributed by atoms with van der Waals surface area (Å²) in [5, 5.41) is 7.79. The number of para-hydroxylation sites is 1. The van der Waals surface area contributed by atoms with Gasteiger partial charge in [0.25, 0.3) is 5.91 Å². The number of ether oxygens (including phenoxy) is 2. The van der Waals surface area contributed by atoms with E-state index in [0.29, 0.717) is 31.0 Å².